The molecular weight excluding hydrogens is 412 g/mol. The van der Waals surface area contributed by atoms with Crippen LogP contribution in [-0.2, 0) is 17.6 Å². The van der Waals surface area contributed by atoms with Crippen LogP contribution in [0, 0.1) is 0 Å². The SMILES string of the molecule is C=CCN(CCCCc1ccccc1)CCCN1C=Cc2cc(OC)c(OC)cc2CC1=O. The van der Waals surface area contributed by atoms with E-state index < -0.39 is 0 Å². The third-order valence-corrected chi connectivity index (χ3v) is 6.03. The Bertz CT molecular complexity index is 940. The maximum atomic E-state index is 12.9. The molecule has 3 rings (SSSR count). The molecule has 33 heavy (non-hydrogen) atoms. The summed E-state index contributed by atoms with van der Waals surface area (Å²) in [5.41, 5.74) is 3.36. The second kappa shape index (κ2) is 12.9. The van der Waals surface area contributed by atoms with Crippen LogP contribution in [0.4, 0.5) is 0 Å². The van der Waals surface area contributed by atoms with Crippen molar-refractivity contribution >= 4 is 12.0 Å². The summed E-state index contributed by atoms with van der Waals surface area (Å²) in [6.07, 6.45) is 10.6. The highest BCUT2D eigenvalue weighted by atomic mass is 16.5. The van der Waals surface area contributed by atoms with E-state index in [4.69, 9.17) is 9.47 Å². The van der Waals surface area contributed by atoms with Crippen molar-refractivity contribution in [3.8, 4) is 11.5 Å². The number of carbonyl (C=O) groups excluding carboxylic acids is 1. The van der Waals surface area contributed by atoms with E-state index in [1.54, 1.807) is 14.2 Å². The molecular formula is C28H36N2O3. The first-order valence-corrected chi connectivity index (χ1v) is 11.7. The summed E-state index contributed by atoms with van der Waals surface area (Å²) in [6.45, 7) is 7.49. The van der Waals surface area contributed by atoms with Crippen LogP contribution in [0.25, 0.3) is 6.08 Å². The Kier molecular flexibility index (Phi) is 9.58. The number of aryl methyl sites for hydroxylation is 1. The van der Waals surface area contributed by atoms with Crippen LogP contribution in [-0.4, -0.2) is 56.1 Å². The molecule has 0 aromatic heterocycles. The highest BCUT2D eigenvalue weighted by Gasteiger charge is 2.19. The zero-order valence-corrected chi connectivity index (χ0v) is 20.0. The lowest BCUT2D eigenvalue weighted by molar-refractivity contribution is -0.127. The Morgan fingerprint density at radius 3 is 2.48 bits per heavy atom. The summed E-state index contributed by atoms with van der Waals surface area (Å²) in [4.78, 5) is 17.1. The molecule has 1 heterocycles. The van der Waals surface area contributed by atoms with Gasteiger partial charge in [0.2, 0.25) is 5.91 Å². The molecule has 2 aromatic carbocycles. The van der Waals surface area contributed by atoms with Gasteiger partial charge in [0, 0.05) is 25.8 Å². The van der Waals surface area contributed by atoms with E-state index in [-0.39, 0.29) is 5.91 Å². The maximum Gasteiger partial charge on any atom is 0.230 e. The summed E-state index contributed by atoms with van der Waals surface area (Å²) in [6, 6.07) is 14.5. The van der Waals surface area contributed by atoms with E-state index >= 15 is 0 Å². The number of nitrogens with zero attached hydrogens (tertiary/aromatic N) is 2. The van der Waals surface area contributed by atoms with Gasteiger partial charge in [0.15, 0.2) is 11.5 Å². The monoisotopic (exact) mass is 448 g/mol. The van der Waals surface area contributed by atoms with Gasteiger partial charge in [-0.05, 0) is 67.1 Å². The number of hydrogen-bond acceptors (Lipinski definition) is 4. The van der Waals surface area contributed by atoms with Crippen molar-refractivity contribution in [2.75, 3.05) is 40.4 Å². The number of benzene rings is 2. The molecule has 0 saturated carbocycles. The molecule has 0 saturated heterocycles. The highest BCUT2D eigenvalue weighted by molar-refractivity contribution is 5.84. The number of unbranched alkanes of at least 4 members (excludes halogenated alkanes) is 1. The zero-order chi connectivity index (χ0) is 23.5. The molecule has 176 valence electrons. The van der Waals surface area contributed by atoms with E-state index in [1.165, 1.54) is 12.0 Å². The molecule has 0 aliphatic carbocycles. The normalized spacial score (nSPS) is 13.1. The number of rotatable bonds is 13. The number of fused-ring (bicyclic) bond motifs is 1. The van der Waals surface area contributed by atoms with Gasteiger partial charge in [0.25, 0.3) is 0 Å². The molecule has 1 aliphatic rings. The molecule has 0 radical (unpaired) electrons. The van der Waals surface area contributed by atoms with Crippen LogP contribution in [0.2, 0.25) is 0 Å². The fourth-order valence-corrected chi connectivity index (χ4v) is 4.21. The summed E-state index contributed by atoms with van der Waals surface area (Å²) in [7, 11) is 3.24. The average Bonchev–Trinajstić information content (AvgIpc) is 2.99. The van der Waals surface area contributed by atoms with Gasteiger partial charge < -0.3 is 14.4 Å². The fraction of sp³-hybridized carbons (Fsp3) is 0.393. The minimum absolute atomic E-state index is 0.107. The molecule has 5 nitrogen and oxygen atoms in total. The molecule has 2 aromatic rings. The van der Waals surface area contributed by atoms with E-state index in [2.05, 4.69) is 41.8 Å². The molecule has 1 aliphatic heterocycles. The van der Waals surface area contributed by atoms with Crippen LogP contribution in [0.3, 0.4) is 0 Å². The van der Waals surface area contributed by atoms with Gasteiger partial charge in [-0.1, -0.05) is 36.4 Å². The molecule has 0 unspecified atom stereocenters. The van der Waals surface area contributed by atoms with Crippen LogP contribution in [0.1, 0.15) is 36.0 Å². The van der Waals surface area contributed by atoms with Crippen molar-refractivity contribution in [2.24, 2.45) is 0 Å². The lowest BCUT2D eigenvalue weighted by atomic mass is 10.0. The van der Waals surface area contributed by atoms with Crippen LogP contribution in [0.5, 0.6) is 11.5 Å². The van der Waals surface area contributed by atoms with Gasteiger partial charge in [0.05, 0.1) is 20.6 Å². The largest absolute Gasteiger partial charge is 0.493 e. The quantitative estimate of drug-likeness (QED) is 0.321. The fourth-order valence-electron chi connectivity index (χ4n) is 4.21. The minimum atomic E-state index is 0.107. The number of amides is 1. The van der Waals surface area contributed by atoms with Gasteiger partial charge in [-0.2, -0.15) is 0 Å². The summed E-state index contributed by atoms with van der Waals surface area (Å²) >= 11 is 0. The first-order valence-electron chi connectivity index (χ1n) is 11.7. The van der Waals surface area contributed by atoms with Gasteiger partial charge in [0.1, 0.15) is 0 Å². The topological polar surface area (TPSA) is 42.0 Å². The Hall–Kier alpha value is -3.05. The second-order valence-electron chi connectivity index (χ2n) is 8.37. The van der Waals surface area contributed by atoms with Crippen molar-refractivity contribution in [3.63, 3.8) is 0 Å². The Morgan fingerprint density at radius 2 is 1.76 bits per heavy atom. The second-order valence-corrected chi connectivity index (χ2v) is 8.37. The first-order chi connectivity index (χ1) is 16.1. The Balaban J connectivity index is 1.48. The van der Waals surface area contributed by atoms with E-state index in [0.717, 1.165) is 50.0 Å². The molecule has 0 N–H and O–H groups in total. The van der Waals surface area contributed by atoms with E-state index in [0.29, 0.717) is 24.5 Å². The summed E-state index contributed by atoms with van der Waals surface area (Å²) in [5.74, 6) is 1.43. The predicted octanol–water partition coefficient (Wildman–Crippen LogP) is 4.96. The third-order valence-electron chi connectivity index (χ3n) is 6.03. The Labute approximate surface area is 198 Å². The molecule has 0 bridgehead atoms. The summed E-state index contributed by atoms with van der Waals surface area (Å²) in [5, 5.41) is 0. The lowest BCUT2D eigenvalue weighted by Gasteiger charge is -2.23. The van der Waals surface area contributed by atoms with Crippen molar-refractivity contribution in [1.82, 2.24) is 9.80 Å². The molecule has 0 spiro atoms. The predicted molar refractivity (Wildman–Crippen MR) is 135 cm³/mol. The van der Waals surface area contributed by atoms with Gasteiger partial charge in [-0.25, -0.2) is 0 Å². The third kappa shape index (κ3) is 7.22. The van der Waals surface area contributed by atoms with Crippen LogP contribution >= 0.6 is 0 Å². The number of methoxy groups -OCH3 is 2. The van der Waals surface area contributed by atoms with E-state index in [9.17, 15) is 4.79 Å². The molecule has 1 amide bonds. The highest BCUT2D eigenvalue weighted by Crippen LogP contribution is 2.32. The molecule has 5 heteroatoms. The standard InChI is InChI=1S/C28H36N2O3/c1-4-15-29(16-9-8-13-23-11-6-5-7-12-23)17-10-18-30-19-14-24-20-26(32-2)27(33-3)21-25(24)22-28(30)31/h4-7,11-12,14,19-21H,1,8-10,13,15-18,22H2,2-3H3. The number of hydrogen-bond donors (Lipinski definition) is 0. The van der Waals surface area contributed by atoms with E-state index in [1.807, 2.05) is 35.4 Å². The van der Waals surface area contributed by atoms with Crippen molar-refractivity contribution < 1.29 is 14.3 Å². The summed E-state index contributed by atoms with van der Waals surface area (Å²) < 4.78 is 10.8. The van der Waals surface area contributed by atoms with Crippen molar-refractivity contribution in [3.05, 3.63) is 78.0 Å². The van der Waals surface area contributed by atoms with Gasteiger partial charge in [-0.15, -0.1) is 6.58 Å². The molecule has 0 fully saturated rings. The first kappa shape index (κ1) is 24.6. The van der Waals surface area contributed by atoms with Crippen molar-refractivity contribution in [2.45, 2.75) is 32.1 Å². The lowest BCUT2D eigenvalue weighted by Crippen LogP contribution is -2.32. The average molecular weight is 449 g/mol. The van der Waals surface area contributed by atoms with Gasteiger partial charge in [-0.3, -0.25) is 9.69 Å². The maximum absolute atomic E-state index is 12.9. The van der Waals surface area contributed by atoms with Gasteiger partial charge >= 0.3 is 0 Å². The van der Waals surface area contributed by atoms with Crippen molar-refractivity contribution in [1.29, 1.82) is 0 Å². The van der Waals surface area contributed by atoms with Crippen LogP contribution < -0.4 is 9.47 Å². The zero-order valence-electron chi connectivity index (χ0n) is 20.0. The number of carbonyl (C=O) groups is 1. The minimum Gasteiger partial charge on any atom is -0.493 e. The number of ether oxygens (including phenoxy) is 2. The van der Waals surface area contributed by atoms with Crippen LogP contribution in [0.15, 0.2) is 61.3 Å². The smallest absolute Gasteiger partial charge is 0.230 e. The Morgan fingerprint density at radius 1 is 1.03 bits per heavy atom. The molecule has 0 atom stereocenters.